The molecule has 0 spiro atoms. The Labute approximate surface area is 257 Å². The van der Waals surface area contributed by atoms with Gasteiger partial charge in [0, 0.05) is 47.9 Å². The van der Waals surface area contributed by atoms with Crippen LogP contribution in [-0.2, 0) is 25.5 Å². The Bertz CT molecular complexity index is 1630. The summed E-state index contributed by atoms with van der Waals surface area (Å²) in [5.41, 5.74) is 23.9. The smallest absolute Gasteiger partial charge is 0.305 e. The first-order valence-corrected chi connectivity index (χ1v) is 15.0. The number of nitrogens with two attached hydrogens (primary N) is 2. The highest BCUT2D eigenvalue weighted by Gasteiger charge is 2.30. The van der Waals surface area contributed by atoms with E-state index in [9.17, 15) is 14.4 Å². The van der Waals surface area contributed by atoms with Crippen LogP contribution in [0.1, 0.15) is 68.2 Å². The van der Waals surface area contributed by atoms with Crippen LogP contribution >= 0.6 is 0 Å². The Kier molecular flexibility index (Phi) is 8.99. The van der Waals surface area contributed by atoms with Crippen LogP contribution in [0.4, 0.5) is 22.7 Å². The molecule has 44 heavy (non-hydrogen) atoms. The highest BCUT2D eigenvalue weighted by atomic mass is 16.5. The molecular weight excluding hydrogens is 552 g/mol. The second-order valence-electron chi connectivity index (χ2n) is 11.0. The molecule has 2 aliphatic rings. The van der Waals surface area contributed by atoms with Gasteiger partial charge < -0.3 is 26.8 Å². The van der Waals surface area contributed by atoms with E-state index in [1.807, 2.05) is 60.7 Å². The van der Waals surface area contributed by atoms with E-state index in [2.05, 4.69) is 22.8 Å². The summed E-state index contributed by atoms with van der Waals surface area (Å²) in [5, 5.41) is 5.77. The molecule has 2 aliphatic carbocycles. The lowest BCUT2D eigenvalue weighted by molar-refractivity contribution is -0.143. The zero-order chi connectivity index (χ0) is 31.4. The lowest BCUT2D eigenvalue weighted by Crippen LogP contribution is -2.13. The second kappa shape index (κ2) is 13.0. The van der Waals surface area contributed by atoms with Crippen molar-refractivity contribution in [2.75, 3.05) is 28.7 Å². The number of ether oxygens (including phenoxy) is 1. The van der Waals surface area contributed by atoms with Gasteiger partial charge in [0.2, 0.25) is 11.8 Å². The van der Waals surface area contributed by atoms with Crippen molar-refractivity contribution in [1.29, 1.82) is 0 Å². The molecule has 6 N–H and O–H groups in total. The molecule has 4 aromatic rings. The maximum atomic E-state index is 11.8. The number of hydrogen-bond donors (Lipinski definition) is 4. The Hall–Kier alpha value is -5.11. The molecule has 0 saturated heterocycles. The van der Waals surface area contributed by atoms with E-state index in [1.54, 1.807) is 20.8 Å². The fourth-order valence-electron chi connectivity index (χ4n) is 5.72. The number of carbonyl (C=O) groups is 3. The zero-order valence-corrected chi connectivity index (χ0v) is 25.3. The third-order valence-corrected chi connectivity index (χ3v) is 7.98. The highest BCUT2D eigenvalue weighted by Crippen LogP contribution is 2.47. The maximum absolute atomic E-state index is 11.8. The van der Waals surface area contributed by atoms with Crippen molar-refractivity contribution in [1.82, 2.24) is 0 Å². The van der Waals surface area contributed by atoms with Gasteiger partial charge in [-0.3, -0.25) is 14.4 Å². The third-order valence-electron chi connectivity index (χ3n) is 7.98. The van der Waals surface area contributed by atoms with Gasteiger partial charge in [-0.25, -0.2) is 0 Å². The van der Waals surface area contributed by atoms with Gasteiger partial charge >= 0.3 is 5.97 Å². The number of nitrogen functional groups attached to an aromatic ring is 2. The van der Waals surface area contributed by atoms with Gasteiger partial charge in [0.15, 0.2) is 0 Å². The molecule has 0 bridgehead atoms. The van der Waals surface area contributed by atoms with E-state index in [0.717, 1.165) is 51.4 Å². The lowest BCUT2D eigenvalue weighted by atomic mass is 9.97. The Morgan fingerprint density at radius 3 is 1.55 bits per heavy atom. The average molecular weight is 591 g/mol. The summed E-state index contributed by atoms with van der Waals surface area (Å²) in [6, 6.07) is 23.8. The van der Waals surface area contributed by atoms with Crippen molar-refractivity contribution < 1.29 is 19.1 Å². The number of nitrogens with one attached hydrogen (secondary N) is 2. The first-order chi connectivity index (χ1) is 21.2. The van der Waals surface area contributed by atoms with E-state index < -0.39 is 0 Å². The van der Waals surface area contributed by atoms with Crippen molar-refractivity contribution >= 4 is 40.5 Å². The topological polar surface area (TPSA) is 137 Å². The highest BCUT2D eigenvalue weighted by molar-refractivity contribution is 5.93. The Morgan fingerprint density at radius 2 is 1.11 bits per heavy atom. The molecule has 8 nitrogen and oxygen atoms in total. The number of rotatable bonds is 7. The van der Waals surface area contributed by atoms with E-state index >= 15 is 0 Å². The summed E-state index contributed by atoms with van der Waals surface area (Å²) < 4.78 is 5.46. The molecular formula is C36H38N4O4. The monoisotopic (exact) mass is 590 g/mol. The molecule has 0 heterocycles. The van der Waals surface area contributed by atoms with Crippen LogP contribution in [0.15, 0.2) is 72.8 Å². The number of anilines is 4. The minimum Gasteiger partial charge on any atom is -0.465 e. The number of benzene rings is 4. The number of hydrogen-bond acceptors (Lipinski definition) is 6. The van der Waals surface area contributed by atoms with Crippen LogP contribution in [0, 0.1) is 0 Å². The Morgan fingerprint density at radius 1 is 0.659 bits per heavy atom. The zero-order valence-electron chi connectivity index (χ0n) is 25.3. The SMILES string of the molecule is CCC(=O)Nc1ccc2c(c1)C(COC(=O)CC)c1cc(NC(=O)CC)ccc1-2.Nc1ccc2c(c1)Cc1cc(N)ccc1-2. The predicted octanol–water partition coefficient (Wildman–Crippen LogP) is 6.87. The summed E-state index contributed by atoms with van der Waals surface area (Å²) in [4.78, 5) is 35.3. The Balaban J connectivity index is 0.000000212. The number of amides is 2. The van der Waals surface area contributed by atoms with E-state index in [0.29, 0.717) is 19.3 Å². The van der Waals surface area contributed by atoms with Gasteiger partial charge in [0.25, 0.3) is 0 Å². The fourth-order valence-corrected chi connectivity index (χ4v) is 5.72. The van der Waals surface area contributed by atoms with E-state index in [-0.39, 0.29) is 30.3 Å². The van der Waals surface area contributed by atoms with Crippen molar-refractivity contribution in [3.8, 4) is 22.3 Å². The summed E-state index contributed by atoms with van der Waals surface area (Å²) >= 11 is 0. The van der Waals surface area contributed by atoms with Gasteiger partial charge in [0.1, 0.15) is 6.61 Å². The molecule has 4 aromatic carbocycles. The van der Waals surface area contributed by atoms with E-state index in [4.69, 9.17) is 16.2 Å². The molecule has 0 atom stereocenters. The van der Waals surface area contributed by atoms with Crippen LogP contribution in [0.3, 0.4) is 0 Å². The molecule has 6 rings (SSSR count). The molecule has 0 radical (unpaired) electrons. The predicted molar refractivity (Wildman–Crippen MR) is 176 cm³/mol. The second-order valence-corrected chi connectivity index (χ2v) is 11.0. The lowest BCUT2D eigenvalue weighted by Gasteiger charge is -2.16. The number of fused-ring (bicyclic) bond motifs is 6. The van der Waals surface area contributed by atoms with Gasteiger partial charge in [-0.1, -0.05) is 45.0 Å². The molecule has 0 aliphatic heterocycles. The van der Waals surface area contributed by atoms with Gasteiger partial charge in [0.05, 0.1) is 0 Å². The van der Waals surface area contributed by atoms with Crippen LogP contribution in [0.2, 0.25) is 0 Å². The largest absolute Gasteiger partial charge is 0.465 e. The maximum Gasteiger partial charge on any atom is 0.305 e. The van der Waals surface area contributed by atoms with Crippen molar-refractivity contribution in [3.05, 3.63) is 95.1 Å². The molecule has 8 heteroatoms. The quantitative estimate of drug-likeness (QED) is 0.121. The fraction of sp³-hybridized carbons (Fsp3) is 0.250. The van der Waals surface area contributed by atoms with Crippen molar-refractivity contribution in [2.24, 2.45) is 0 Å². The van der Waals surface area contributed by atoms with Gasteiger partial charge in [-0.15, -0.1) is 0 Å². The summed E-state index contributed by atoms with van der Waals surface area (Å²) in [5.74, 6) is -0.531. The molecule has 226 valence electrons. The summed E-state index contributed by atoms with van der Waals surface area (Å²) in [7, 11) is 0. The summed E-state index contributed by atoms with van der Waals surface area (Å²) in [6.45, 7) is 5.58. The number of esters is 1. The standard InChI is InChI=1S/C23H26N2O4.C13H12N2/c1-4-21(26)24-14-7-9-16-17-10-8-15(25-22(27)5-2)12-19(17)20(18(16)11-14)13-29-23(28)6-3;14-10-1-3-12-8(6-10)5-9-7-11(15)2-4-13(9)12/h7-12,20H,4-6,13H2,1-3H3,(H,24,26)(H,25,27);1-4,6-7H,5,14-15H2. The van der Waals surface area contributed by atoms with Gasteiger partial charge in [-0.05, 0) is 99.5 Å². The van der Waals surface area contributed by atoms with Gasteiger partial charge in [-0.2, -0.15) is 0 Å². The molecule has 0 saturated carbocycles. The third kappa shape index (κ3) is 6.44. The molecule has 0 fully saturated rings. The first kappa shape index (κ1) is 30.4. The van der Waals surface area contributed by atoms with E-state index in [1.165, 1.54) is 22.3 Å². The number of carbonyl (C=O) groups excluding carboxylic acids is 3. The average Bonchev–Trinajstić information content (AvgIpc) is 3.52. The minimum atomic E-state index is -0.258. The molecule has 0 unspecified atom stereocenters. The molecule has 2 amide bonds. The summed E-state index contributed by atoms with van der Waals surface area (Å²) in [6.07, 6.45) is 2.05. The first-order valence-electron chi connectivity index (χ1n) is 15.0. The van der Waals surface area contributed by atoms with Crippen molar-refractivity contribution in [3.63, 3.8) is 0 Å². The van der Waals surface area contributed by atoms with Crippen LogP contribution < -0.4 is 22.1 Å². The minimum absolute atomic E-state index is 0.0565. The molecule has 0 aromatic heterocycles. The normalized spacial score (nSPS) is 12.2. The van der Waals surface area contributed by atoms with Crippen LogP contribution in [0.5, 0.6) is 0 Å². The van der Waals surface area contributed by atoms with Crippen LogP contribution in [0.25, 0.3) is 22.3 Å². The van der Waals surface area contributed by atoms with Crippen molar-refractivity contribution in [2.45, 2.75) is 52.4 Å². The van der Waals surface area contributed by atoms with Crippen LogP contribution in [-0.4, -0.2) is 24.4 Å².